The second-order valence-corrected chi connectivity index (χ2v) is 7.52. The van der Waals surface area contributed by atoms with Gasteiger partial charge in [-0.3, -0.25) is 14.6 Å². The average molecular weight is 385 g/mol. The van der Waals surface area contributed by atoms with Crippen molar-refractivity contribution in [1.29, 1.82) is 0 Å². The van der Waals surface area contributed by atoms with Crippen LogP contribution in [-0.4, -0.2) is 71.2 Å². The van der Waals surface area contributed by atoms with Crippen LogP contribution in [-0.2, 0) is 11.3 Å². The highest BCUT2D eigenvalue weighted by atomic mass is 16.5. The van der Waals surface area contributed by atoms with E-state index in [1.807, 2.05) is 31.2 Å². The van der Waals surface area contributed by atoms with E-state index in [1.165, 1.54) is 0 Å². The maximum Gasteiger partial charge on any atom is 0.257 e. The lowest BCUT2D eigenvalue weighted by Crippen LogP contribution is -2.53. The van der Waals surface area contributed by atoms with Crippen LogP contribution in [0.1, 0.15) is 25.6 Å². The molecular formula is C20H27N5O3. The van der Waals surface area contributed by atoms with Crippen molar-refractivity contribution in [3.63, 3.8) is 0 Å². The number of aromatic nitrogens is 2. The predicted molar refractivity (Wildman–Crippen MR) is 104 cm³/mol. The summed E-state index contributed by atoms with van der Waals surface area (Å²) in [5.41, 5.74) is 0.875. The molecule has 28 heavy (non-hydrogen) atoms. The van der Waals surface area contributed by atoms with E-state index in [-0.39, 0.29) is 11.9 Å². The average Bonchev–Trinajstić information content (AvgIpc) is 3.43. The number of nitrogens with zero attached hydrogens (tertiary/aromatic N) is 4. The van der Waals surface area contributed by atoms with Crippen molar-refractivity contribution >= 4 is 5.91 Å². The molecule has 2 heterocycles. The number of hydrogen-bond donors (Lipinski definition) is 1. The normalized spacial score (nSPS) is 19.4. The van der Waals surface area contributed by atoms with Gasteiger partial charge in [-0.05, 0) is 44.0 Å². The lowest BCUT2D eigenvalue weighted by atomic mass is 10.2. The van der Waals surface area contributed by atoms with Crippen molar-refractivity contribution in [2.24, 2.45) is 0 Å². The van der Waals surface area contributed by atoms with Crippen LogP contribution in [0.4, 0.5) is 0 Å². The van der Waals surface area contributed by atoms with Gasteiger partial charge in [0.1, 0.15) is 5.75 Å². The molecule has 8 heteroatoms. The molecule has 2 aliphatic rings. The zero-order valence-electron chi connectivity index (χ0n) is 16.4. The number of carbonyl (C=O) groups is 1. The van der Waals surface area contributed by atoms with Gasteiger partial charge in [0.2, 0.25) is 5.91 Å². The van der Waals surface area contributed by atoms with Crippen LogP contribution in [0.5, 0.6) is 5.75 Å². The molecule has 8 nitrogen and oxygen atoms in total. The number of nitrogens with one attached hydrogen (secondary N) is 1. The summed E-state index contributed by atoms with van der Waals surface area (Å²) < 4.78 is 10.6. The van der Waals surface area contributed by atoms with Crippen LogP contribution in [0.15, 0.2) is 28.8 Å². The third kappa shape index (κ3) is 4.51. The molecule has 1 unspecified atom stereocenters. The summed E-state index contributed by atoms with van der Waals surface area (Å²) in [6.45, 7) is 6.13. The highest BCUT2D eigenvalue weighted by molar-refractivity contribution is 5.81. The number of carbonyl (C=O) groups excluding carboxylic acids is 1. The summed E-state index contributed by atoms with van der Waals surface area (Å²) in [5.74, 6) is 2.14. The Morgan fingerprint density at radius 1 is 1.25 bits per heavy atom. The summed E-state index contributed by atoms with van der Waals surface area (Å²) in [6, 6.07) is 7.90. The molecule has 1 atom stereocenters. The fourth-order valence-corrected chi connectivity index (χ4v) is 3.39. The third-order valence-electron chi connectivity index (χ3n) is 5.43. The van der Waals surface area contributed by atoms with Gasteiger partial charge in [-0.1, -0.05) is 5.16 Å². The fraction of sp³-hybridized carbons (Fsp3) is 0.550. The van der Waals surface area contributed by atoms with Crippen molar-refractivity contribution in [2.75, 3.05) is 33.3 Å². The summed E-state index contributed by atoms with van der Waals surface area (Å²) in [6.07, 6.45) is 2.24. The van der Waals surface area contributed by atoms with Gasteiger partial charge in [-0.25, -0.2) is 0 Å². The van der Waals surface area contributed by atoms with E-state index in [0.29, 0.717) is 24.3 Å². The minimum absolute atomic E-state index is 0.0744. The zero-order chi connectivity index (χ0) is 19.5. The van der Waals surface area contributed by atoms with Crippen molar-refractivity contribution in [3.8, 4) is 17.2 Å². The molecule has 1 saturated heterocycles. The molecule has 150 valence electrons. The lowest BCUT2D eigenvalue weighted by Gasteiger charge is -2.36. The van der Waals surface area contributed by atoms with Gasteiger partial charge in [-0.15, -0.1) is 0 Å². The monoisotopic (exact) mass is 385 g/mol. The zero-order valence-corrected chi connectivity index (χ0v) is 16.4. The molecule has 1 aromatic heterocycles. The van der Waals surface area contributed by atoms with Crippen molar-refractivity contribution in [3.05, 3.63) is 30.1 Å². The molecule has 1 amide bonds. The van der Waals surface area contributed by atoms with E-state index in [2.05, 4.69) is 25.3 Å². The molecule has 1 saturated carbocycles. The van der Waals surface area contributed by atoms with E-state index in [4.69, 9.17) is 9.26 Å². The van der Waals surface area contributed by atoms with E-state index in [1.54, 1.807) is 7.11 Å². The van der Waals surface area contributed by atoms with Gasteiger partial charge >= 0.3 is 0 Å². The Morgan fingerprint density at radius 2 is 1.96 bits per heavy atom. The Kier molecular flexibility index (Phi) is 5.59. The highest BCUT2D eigenvalue weighted by Crippen LogP contribution is 2.21. The first-order valence-electron chi connectivity index (χ1n) is 9.86. The second-order valence-electron chi connectivity index (χ2n) is 7.52. The molecule has 1 N–H and O–H groups in total. The molecule has 0 spiro atoms. The maximum absolute atomic E-state index is 12.2. The molecule has 1 aromatic carbocycles. The third-order valence-corrected chi connectivity index (χ3v) is 5.43. The number of hydrogen-bond acceptors (Lipinski definition) is 7. The first kappa shape index (κ1) is 18.9. The SMILES string of the molecule is COc1ccc(-c2nc(CN3CCN(C(C)C(=O)NC4CC4)CC3)no2)cc1. The Hall–Kier alpha value is -2.45. The molecule has 4 rings (SSSR count). The van der Waals surface area contributed by atoms with Crippen LogP contribution >= 0.6 is 0 Å². The van der Waals surface area contributed by atoms with Crippen LogP contribution < -0.4 is 10.1 Å². The Bertz CT molecular complexity index is 794. The van der Waals surface area contributed by atoms with Crippen LogP contribution in [0.25, 0.3) is 11.5 Å². The number of rotatable bonds is 7. The Labute approximate surface area is 164 Å². The summed E-state index contributed by atoms with van der Waals surface area (Å²) in [7, 11) is 1.64. The smallest absolute Gasteiger partial charge is 0.257 e. The molecule has 0 radical (unpaired) electrons. The second kappa shape index (κ2) is 8.28. The predicted octanol–water partition coefficient (Wildman–Crippen LogP) is 1.53. The van der Waals surface area contributed by atoms with Crippen LogP contribution in [0.3, 0.4) is 0 Å². The lowest BCUT2D eigenvalue weighted by molar-refractivity contribution is -0.126. The standard InChI is InChI=1S/C20H27N5O3/c1-14(19(26)21-16-5-6-16)25-11-9-24(10-12-25)13-18-22-20(28-23-18)15-3-7-17(27-2)8-4-15/h3-4,7-8,14,16H,5-6,9-13H2,1-2H3,(H,21,26). The summed E-state index contributed by atoms with van der Waals surface area (Å²) in [4.78, 5) is 21.3. The Morgan fingerprint density at radius 3 is 2.61 bits per heavy atom. The van der Waals surface area contributed by atoms with Crippen molar-refractivity contribution < 1.29 is 14.1 Å². The van der Waals surface area contributed by atoms with Crippen LogP contribution in [0, 0.1) is 0 Å². The topological polar surface area (TPSA) is 83.7 Å². The largest absolute Gasteiger partial charge is 0.497 e. The maximum atomic E-state index is 12.2. The molecule has 2 fully saturated rings. The van der Waals surface area contributed by atoms with Gasteiger partial charge in [0.25, 0.3) is 5.89 Å². The van der Waals surface area contributed by atoms with Crippen molar-refractivity contribution in [1.82, 2.24) is 25.3 Å². The molecule has 2 aromatic rings. The summed E-state index contributed by atoms with van der Waals surface area (Å²) in [5, 5.41) is 7.21. The fourth-order valence-electron chi connectivity index (χ4n) is 3.39. The Balaban J connectivity index is 1.27. The van der Waals surface area contributed by atoms with Crippen LogP contribution in [0.2, 0.25) is 0 Å². The number of benzene rings is 1. The van der Waals surface area contributed by atoms with E-state index < -0.39 is 0 Å². The quantitative estimate of drug-likeness (QED) is 0.774. The van der Waals surface area contributed by atoms with Gasteiger partial charge < -0.3 is 14.6 Å². The summed E-state index contributed by atoms with van der Waals surface area (Å²) >= 11 is 0. The molecule has 1 aliphatic carbocycles. The van der Waals surface area contributed by atoms with E-state index in [9.17, 15) is 4.79 Å². The number of piperazine rings is 1. The van der Waals surface area contributed by atoms with Gasteiger partial charge in [0.05, 0.1) is 19.7 Å². The van der Waals surface area contributed by atoms with Gasteiger partial charge in [0, 0.05) is 37.8 Å². The molecule has 0 bridgehead atoms. The van der Waals surface area contributed by atoms with E-state index >= 15 is 0 Å². The molecular weight excluding hydrogens is 358 g/mol. The van der Waals surface area contributed by atoms with E-state index in [0.717, 1.165) is 50.3 Å². The van der Waals surface area contributed by atoms with Gasteiger partial charge in [-0.2, -0.15) is 4.98 Å². The minimum Gasteiger partial charge on any atom is -0.497 e. The van der Waals surface area contributed by atoms with Gasteiger partial charge in [0.15, 0.2) is 5.82 Å². The minimum atomic E-state index is -0.0744. The van der Waals surface area contributed by atoms with Crippen molar-refractivity contribution in [2.45, 2.75) is 38.4 Å². The first-order chi connectivity index (χ1) is 13.6. The number of methoxy groups -OCH3 is 1. The highest BCUT2D eigenvalue weighted by Gasteiger charge is 2.30. The first-order valence-corrected chi connectivity index (χ1v) is 9.86. The number of amides is 1. The number of ether oxygens (including phenoxy) is 1. The molecule has 1 aliphatic heterocycles.